The molecule has 0 bridgehead atoms. The van der Waals surface area contributed by atoms with E-state index in [1.54, 1.807) is 6.07 Å². The third-order valence-corrected chi connectivity index (χ3v) is 4.35. The molecule has 3 heteroatoms. The summed E-state index contributed by atoms with van der Waals surface area (Å²) >= 11 is 6.01. The molecule has 2 atom stereocenters. The summed E-state index contributed by atoms with van der Waals surface area (Å²) < 4.78 is 0. The van der Waals surface area contributed by atoms with Crippen LogP contribution in [-0.4, -0.2) is 6.54 Å². The maximum absolute atomic E-state index is 9.11. The molecular formula is C16H21ClN2. The van der Waals surface area contributed by atoms with Crippen LogP contribution in [0.4, 0.5) is 5.69 Å². The van der Waals surface area contributed by atoms with Crippen molar-refractivity contribution >= 4 is 17.3 Å². The third kappa shape index (κ3) is 3.88. The van der Waals surface area contributed by atoms with Crippen LogP contribution in [0.5, 0.6) is 0 Å². The van der Waals surface area contributed by atoms with Gasteiger partial charge in [0.1, 0.15) is 6.07 Å². The predicted octanol–water partition coefficient (Wildman–Crippen LogP) is 4.84. The third-order valence-electron chi connectivity index (χ3n) is 4.04. The Morgan fingerprint density at radius 1 is 1.42 bits per heavy atom. The van der Waals surface area contributed by atoms with E-state index in [2.05, 4.69) is 18.3 Å². The van der Waals surface area contributed by atoms with Gasteiger partial charge in [-0.2, -0.15) is 5.26 Å². The maximum atomic E-state index is 9.11. The topological polar surface area (TPSA) is 35.8 Å². The molecule has 19 heavy (non-hydrogen) atoms. The minimum Gasteiger partial charge on any atom is -0.384 e. The second kappa shape index (κ2) is 6.82. The summed E-state index contributed by atoms with van der Waals surface area (Å²) in [5.74, 6) is 1.71. The Morgan fingerprint density at radius 3 is 3.00 bits per heavy atom. The second-order valence-corrected chi connectivity index (χ2v) is 6.03. The van der Waals surface area contributed by atoms with E-state index in [9.17, 15) is 0 Å². The smallest absolute Gasteiger partial charge is 0.103 e. The highest BCUT2D eigenvalue weighted by Gasteiger charge is 2.18. The lowest BCUT2D eigenvalue weighted by Gasteiger charge is -2.26. The van der Waals surface area contributed by atoms with Crippen molar-refractivity contribution in [3.8, 4) is 6.07 Å². The van der Waals surface area contributed by atoms with Crippen LogP contribution in [0.3, 0.4) is 0 Å². The van der Waals surface area contributed by atoms with Gasteiger partial charge in [-0.1, -0.05) is 43.9 Å². The summed E-state index contributed by atoms with van der Waals surface area (Å²) in [6.07, 6.45) is 6.64. The predicted molar refractivity (Wildman–Crippen MR) is 80.4 cm³/mol. The van der Waals surface area contributed by atoms with Gasteiger partial charge in [-0.25, -0.2) is 0 Å². The highest BCUT2D eigenvalue weighted by Crippen LogP contribution is 2.31. The van der Waals surface area contributed by atoms with Crippen molar-refractivity contribution in [1.29, 1.82) is 5.26 Å². The number of rotatable bonds is 4. The SMILES string of the molecule is CC1CCCC(CCNc2cccc(Cl)c2C#N)C1. The van der Waals surface area contributed by atoms with Crippen LogP contribution in [0.15, 0.2) is 18.2 Å². The van der Waals surface area contributed by atoms with Crippen LogP contribution >= 0.6 is 11.6 Å². The Morgan fingerprint density at radius 2 is 2.26 bits per heavy atom. The average molecular weight is 277 g/mol. The molecule has 0 radical (unpaired) electrons. The van der Waals surface area contributed by atoms with E-state index in [0.717, 1.165) is 24.1 Å². The number of hydrogen-bond donors (Lipinski definition) is 1. The van der Waals surface area contributed by atoms with Gasteiger partial charge in [0.05, 0.1) is 16.3 Å². The number of nitrogens with zero attached hydrogens (tertiary/aromatic N) is 1. The first kappa shape index (κ1) is 14.2. The van der Waals surface area contributed by atoms with Gasteiger partial charge < -0.3 is 5.32 Å². The van der Waals surface area contributed by atoms with Gasteiger partial charge in [0.15, 0.2) is 0 Å². The van der Waals surface area contributed by atoms with Crippen molar-refractivity contribution in [2.45, 2.75) is 39.0 Å². The van der Waals surface area contributed by atoms with E-state index >= 15 is 0 Å². The largest absolute Gasteiger partial charge is 0.384 e. The molecule has 0 amide bonds. The van der Waals surface area contributed by atoms with E-state index in [1.165, 1.54) is 32.1 Å². The van der Waals surface area contributed by atoms with Gasteiger partial charge in [-0.15, -0.1) is 0 Å². The number of anilines is 1. The van der Waals surface area contributed by atoms with Gasteiger partial charge in [-0.3, -0.25) is 0 Å². The van der Waals surface area contributed by atoms with Crippen LogP contribution in [0.1, 0.15) is 44.6 Å². The first-order valence-corrected chi connectivity index (χ1v) is 7.51. The Bertz CT molecular complexity index is 464. The van der Waals surface area contributed by atoms with Crippen molar-refractivity contribution in [2.75, 3.05) is 11.9 Å². The number of benzene rings is 1. The summed E-state index contributed by atoms with van der Waals surface area (Å²) in [6.45, 7) is 3.27. The van der Waals surface area contributed by atoms with E-state index in [4.69, 9.17) is 16.9 Å². The fourth-order valence-electron chi connectivity index (χ4n) is 3.02. The summed E-state index contributed by atoms with van der Waals surface area (Å²) in [5, 5.41) is 13.0. The van der Waals surface area contributed by atoms with Crippen LogP contribution < -0.4 is 5.32 Å². The first-order valence-electron chi connectivity index (χ1n) is 7.13. The monoisotopic (exact) mass is 276 g/mol. The highest BCUT2D eigenvalue weighted by molar-refractivity contribution is 6.32. The minimum atomic E-state index is 0.527. The van der Waals surface area contributed by atoms with E-state index in [1.807, 2.05) is 12.1 Å². The summed E-state index contributed by atoms with van der Waals surface area (Å²) in [5.41, 5.74) is 1.42. The zero-order valence-corrected chi connectivity index (χ0v) is 12.2. The Labute approximate surface area is 120 Å². The Hall–Kier alpha value is -1.20. The molecule has 102 valence electrons. The number of halogens is 1. The van der Waals surface area contributed by atoms with Crippen LogP contribution in [0.2, 0.25) is 5.02 Å². The second-order valence-electron chi connectivity index (χ2n) is 5.63. The van der Waals surface area contributed by atoms with Crippen molar-refractivity contribution in [3.63, 3.8) is 0 Å². The first-order chi connectivity index (χ1) is 9.20. The maximum Gasteiger partial charge on any atom is 0.103 e. The van der Waals surface area contributed by atoms with Gasteiger partial charge in [-0.05, 0) is 36.8 Å². The molecule has 1 aliphatic carbocycles. The lowest BCUT2D eigenvalue weighted by Crippen LogP contribution is -2.16. The molecule has 1 fully saturated rings. The molecule has 1 saturated carbocycles. The van der Waals surface area contributed by atoms with Gasteiger partial charge >= 0.3 is 0 Å². The molecule has 0 saturated heterocycles. The molecule has 2 unspecified atom stereocenters. The van der Waals surface area contributed by atoms with Crippen molar-refractivity contribution in [3.05, 3.63) is 28.8 Å². The fraction of sp³-hybridized carbons (Fsp3) is 0.562. The fourth-order valence-corrected chi connectivity index (χ4v) is 3.23. The number of nitrogens with one attached hydrogen (secondary N) is 1. The zero-order chi connectivity index (χ0) is 13.7. The molecular weight excluding hydrogens is 256 g/mol. The molecule has 0 spiro atoms. The van der Waals surface area contributed by atoms with Gasteiger partial charge in [0.2, 0.25) is 0 Å². The van der Waals surface area contributed by atoms with Crippen LogP contribution in [-0.2, 0) is 0 Å². The molecule has 1 N–H and O–H groups in total. The molecule has 1 aromatic carbocycles. The number of hydrogen-bond acceptors (Lipinski definition) is 2. The minimum absolute atomic E-state index is 0.527. The molecule has 1 aromatic rings. The molecule has 0 aromatic heterocycles. The number of nitriles is 1. The summed E-state index contributed by atoms with van der Waals surface area (Å²) in [6, 6.07) is 7.73. The van der Waals surface area contributed by atoms with Crippen molar-refractivity contribution in [2.24, 2.45) is 11.8 Å². The van der Waals surface area contributed by atoms with Gasteiger partial charge in [0, 0.05) is 6.54 Å². The molecule has 2 nitrogen and oxygen atoms in total. The van der Waals surface area contributed by atoms with E-state index in [0.29, 0.717) is 10.6 Å². The summed E-state index contributed by atoms with van der Waals surface area (Å²) in [4.78, 5) is 0. The van der Waals surface area contributed by atoms with Crippen molar-refractivity contribution < 1.29 is 0 Å². The lowest BCUT2D eigenvalue weighted by atomic mass is 9.81. The molecule has 1 aliphatic rings. The average Bonchev–Trinajstić information content (AvgIpc) is 2.39. The normalized spacial score (nSPS) is 22.8. The standard InChI is InChI=1S/C16H21ClN2/c1-12-4-2-5-13(10-12)8-9-19-16-7-3-6-15(17)14(16)11-18/h3,6-7,12-13,19H,2,4-5,8-10H2,1H3. The lowest BCUT2D eigenvalue weighted by molar-refractivity contribution is 0.274. The zero-order valence-electron chi connectivity index (χ0n) is 11.5. The van der Waals surface area contributed by atoms with Crippen molar-refractivity contribution in [1.82, 2.24) is 0 Å². The van der Waals surface area contributed by atoms with E-state index in [-0.39, 0.29) is 0 Å². The van der Waals surface area contributed by atoms with Crippen LogP contribution in [0, 0.1) is 23.2 Å². The van der Waals surface area contributed by atoms with Crippen LogP contribution in [0.25, 0.3) is 0 Å². The summed E-state index contributed by atoms with van der Waals surface area (Å²) in [7, 11) is 0. The quantitative estimate of drug-likeness (QED) is 0.854. The molecule has 0 aliphatic heterocycles. The molecule has 0 heterocycles. The van der Waals surface area contributed by atoms with E-state index < -0.39 is 0 Å². The molecule has 2 rings (SSSR count). The van der Waals surface area contributed by atoms with Gasteiger partial charge in [0.25, 0.3) is 0 Å². The Balaban J connectivity index is 1.86. The highest BCUT2D eigenvalue weighted by atomic mass is 35.5. The Kier molecular flexibility index (Phi) is 5.10.